The van der Waals surface area contributed by atoms with Gasteiger partial charge in [-0.15, -0.1) is 11.3 Å². The number of hydrogen-bond donors (Lipinski definition) is 1. The van der Waals surface area contributed by atoms with Gasteiger partial charge in [-0.1, -0.05) is 24.6 Å². The van der Waals surface area contributed by atoms with E-state index in [9.17, 15) is 0 Å². The standard InChI is InChI=1S/C11H12ClNS/c1-2-9(13)11-5-7-3-4-8(12)6-10(7)14-11/h3-6,9H,2,13H2,1H3. The van der Waals surface area contributed by atoms with Gasteiger partial charge in [0.1, 0.15) is 0 Å². The summed E-state index contributed by atoms with van der Waals surface area (Å²) in [7, 11) is 0. The molecule has 1 atom stereocenters. The fourth-order valence-electron chi connectivity index (χ4n) is 1.41. The monoisotopic (exact) mass is 225 g/mol. The lowest BCUT2D eigenvalue weighted by Crippen LogP contribution is -2.05. The van der Waals surface area contributed by atoms with E-state index in [1.165, 1.54) is 15.0 Å². The molecule has 2 N–H and O–H groups in total. The van der Waals surface area contributed by atoms with E-state index < -0.39 is 0 Å². The van der Waals surface area contributed by atoms with Crippen LogP contribution in [0, 0.1) is 0 Å². The van der Waals surface area contributed by atoms with Gasteiger partial charge in [0.05, 0.1) is 0 Å². The summed E-state index contributed by atoms with van der Waals surface area (Å²) in [4.78, 5) is 1.24. The summed E-state index contributed by atoms with van der Waals surface area (Å²) in [6, 6.07) is 8.27. The van der Waals surface area contributed by atoms with E-state index in [1.54, 1.807) is 11.3 Å². The number of nitrogens with two attached hydrogens (primary N) is 1. The zero-order valence-electron chi connectivity index (χ0n) is 7.96. The average molecular weight is 226 g/mol. The molecule has 1 aromatic carbocycles. The zero-order chi connectivity index (χ0) is 10.1. The third-order valence-electron chi connectivity index (χ3n) is 2.31. The molecular formula is C11H12ClNS. The third kappa shape index (κ3) is 1.78. The highest BCUT2D eigenvalue weighted by Gasteiger charge is 2.07. The Morgan fingerprint density at radius 3 is 2.93 bits per heavy atom. The van der Waals surface area contributed by atoms with Gasteiger partial charge >= 0.3 is 0 Å². The largest absolute Gasteiger partial charge is 0.323 e. The number of halogens is 1. The van der Waals surface area contributed by atoms with Gasteiger partial charge in [-0.05, 0) is 30.0 Å². The predicted molar refractivity (Wildman–Crippen MR) is 64.1 cm³/mol. The van der Waals surface area contributed by atoms with E-state index in [0.29, 0.717) is 0 Å². The summed E-state index contributed by atoms with van der Waals surface area (Å²) in [5.74, 6) is 0. The van der Waals surface area contributed by atoms with Gasteiger partial charge < -0.3 is 5.73 Å². The Hall–Kier alpha value is -0.570. The van der Waals surface area contributed by atoms with Gasteiger partial charge in [-0.3, -0.25) is 0 Å². The second kappa shape index (κ2) is 3.89. The van der Waals surface area contributed by atoms with Crippen LogP contribution in [0.5, 0.6) is 0 Å². The Morgan fingerprint density at radius 1 is 1.43 bits per heavy atom. The van der Waals surface area contributed by atoms with E-state index in [-0.39, 0.29) is 6.04 Å². The number of rotatable bonds is 2. The van der Waals surface area contributed by atoms with Gasteiger partial charge in [-0.25, -0.2) is 0 Å². The molecule has 3 heteroatoms. The molecule has 0 saturated carbocycles. The minimum absolute atomic E-state index is 0.158. The van der Waals surface area contributed by atoms with Crippen LogP contribution in [0.15, 0.2) is 24.3 Å². The fraction of sp³-hybridized carbons (Fsp3) is 0.273. The molecule has 1 heterocycles. The van der Waals surface area contributed by atoms with Crippen LogP contribution in [0.1, 0.15) is 24.3 Å². The first-order valence-electron chi connectivity index (χ1n) is 4.65. The molecule has 2 rings (SSSR count). The number of fused-ring (bicyclic) bond motifs is 1. The smallest absolute Gasteiger partial charge is 0.0420 e. The van der Waals surface area contributed by atoms with E-state index in [0.717, 1.165) is 11.4 Å². The van der Waals surface area contributed by atoms with Crippen molar-refractivity contribution in [1.82, 2.24) is 0 Å². The summed E-state index contributed by atoms with van der Waals surface area (Å²) < 4.78 is 1.22. The molecule has 1 unspecified atom stereocenters. The molecule has 0 fully saturated rings. The average Bonchev–Trinajstić information content (AvgIpc) is 2.59. The maximum Gasteiger partial charge on any atom is 0.0420 e. The van der Waals surface area contributed by atoms with Gasteiger partial charge in [0, 0.05) is 20.6 Å². The van der Waals surface area contributed by atoms with Crippen molar-refractivity contribution in [2.75, 3.05) is 0 Å². The van der Waals surface area contributed by atoms with Crippen LogP contribution in [0.25, 0.3) is 10.1 Å². The van der Waals surface area contributed by atoms with E-state index in [2.05, 4.69) is 13.0 Å². The number of benzene rings is 1. The number of hydrogen-bond acceptors (Lipinski definition) is 2. The van der Waals surface area contributed by atoms with Crippen molar-refractivity contribution in [2.24, 2.45) is 5.73 Å². The second-order valence-electron chi connectivity index (χ2n) is 3.35. The number of thiophene rings is 1. The van der Waals surface area contributed by atoms with Crippen molar-refractivity contribution in [3.05, 3.63) is 34.2 Å². The van der Waals surface area contributed by atoms with Crippen molar-refractivity contribution in [3.8, 4) is 0 Å². The van der Waals surface area contributed by atoms with Crippen LogP contribution in [0.3, 0.4) is 0 Å². The molecule has 14 heavy (non-hydrogen) atoms. The first kappa shape index (κ1) is 9.97. The summed E-state index contributed by atoms with van der Waals surface area (Å²) >= 11 is 7.65. The van der Waals surface area contributed by atoms with E-state index in [1.807, 2.05) is 18.2 Å². The van der Waals surface area contributed by atoms with Crippen molar-refractivity contribution in [2.45, 2.75) is 19.4 Å². The van der Waals surface area contributed by atoms with Crippen molar-refractivity contribution < 1.29 is 0 Å². The highest BCUT2D eigenvalue weighted by Crippen LogP contribution is 2.31. The van der Waals surface area contributed by atoms with Crippen LogP contribution in [0.4, 0.5) is 0 Å². The fourth-order valence-corrected chi connectivity index (χ4v) is 2.83. The summed E-state index contributed by atoms with van der Waals surface area (Å²) in [5.41, 5.74) is 5.97. The lowest BCUT2D eigenvalue weighted by Gasteiger charge is -2.02. The molecule has 74 valence electrons. The van der Waals surface area contributed by atoms with Gasteiger partial charge in [0.2, 0.25) is 0 Å². The Balaban J connectivity index is 2.51. The molecule has 1 nitrogen and oxygen atoms in total. The Kier molecular flexibility index (Phi) is 2.77. The molecular weight excluding hydrogens is 214 g/mol. The summed E-state index contributed by atoms with van der Waals surface area (Å²) in [6.45, 7) is 2.10. The van der Waals surface area contributed by atoms with Crippen LogP contribution in [-0.2, 0) is 0 Å². The van der Waals surface area contributed by atoms with Crippen molar-refractivity contribution >= 4 is 33.0 Å². The minimum atomic E-state index is 0.158. The topological polar surface area (TPSA) is 26.0 Å². The molecule has 0 saturated heterocycles. The second-order valence-corrected chi connectivity index (χ2v) is 4.90. The molecule has 0 aliphatic carbocycles. The maximum atomic E-state index is 5.97. The SMILES string of the molecule is CCC(N)c1cc2ccc(Cl)cc2s1. The van der Waals surface area contributed by atoms with Crippen LogP contribution in [0.2, 0.25) is 5.02 Å². The first-order valence-corrected chi connectivity index (χ1v) is 5.84. The molecule has 0 amide bonds. The van der Waals surface area contributed by atoms with Crippen LogP contribution in [-0.4, -0.2) is 0 Å². The molecule has 0 spiro atoms. The van der Waals surface area contributed by atoms with Gasteiger partial charge in [0.25, 0.3) is 0 Å². The molecule has 0 bridgehead atoms. The minimum Gasteiger partial charge on any atom is -0.323 e. The highest BCUT2D eigenvalue weighted by molar-refractivity contribution is 7.19. The molecule has 1 aromatic heterocycles. The highest BCUT2D eigenvalue weighted by atomic mass is 35.5. The maximum absolute atomic E-state index is 5.97. The van der Waals surface area contributed by atoms with E-state index in [4.69, 9.17) is 17.3 Å². The van der Waals surface area contributed by atoms with Crippen molar-refractivity contribution in [3.63, 3.8) is 0 Å². The molecule has 0 aliphatic heterocycles. The van der Waals surface area contributed by atoms with Crippen LogP contribution < -0.4 is 5.73 Å². The third-order valence-corrected chi connectivity index (χ3v) is 3.77. The summed E-state index contributed by atoms with van der Waals surface area (Å²) in [6.07, 6.45) is 0.973. The Labute approximate surface area is 92.5 Å². The first-order chi connectivity index (χ1) is 6.70. The molecule has 2 aromatic rings. The predicted octanol–water partition coefficient (Wildman–Crippen LogP) is 3.96. The van der Waals surface area contributed by atoms with Gasteiger partial charge in [0.15, 0.2) is 0 Å². The Bertz CT molecular complexity index is 449. The van der Waals surface area contributed by atoms with Crippen molar-refractivity contribution in [1.29, 1.82) is 0 Å². The lowest BCUT2D eigenvalue weighted by molar-refractivity contribution is 0.712. The normalized spacial score (nSPS) is 13.4. The quantitative estimate of drug-likeness (QED) is 0.823. The Morgan fingerprint density at radius 2 is 2.21 bits per heavy atom. The molecule has 0 aliphatic rings. The van der Waals surface area contributed by atoms with Crippen LogP contribution >= 0.6 is 22.9 Å². The molecule has 0 radical (unpaired) electrons. The summed E-state index contributed by atoms with van der Waals surface area (Å²) in [5, 5.41) is 2.02. The zero-order valence-corrected chi connectivity index (χ0v) is 9.53. The lowest BCUT2D eigenvalue weighted by atomic mass is 10.2. The van der Waals surface area contributed by atoms with E-state index >= 15 is 0 Å². The van der Waals surface area contributed by atoms with Gasteiger partial charge in [-0.2, -0.15) is 0 Å².